The standard InChI is InChI=1S/C12H18N4O3S/c1-12(2)11(17)15(3)6-7-16(12)20(18,19)10-8-14-5-4-9(10)13/h4-5,8H,6-7H2,1-3H3,(H2,13,14). The van der Waals surface area contributed by atoms with Crippen LogP contribution in [0, 0.1) is 0 Å². The molecule has 2 heterocycles. The van der Waals surface area contributed by atoms with Crippen LogP contribution in [0.2, 0.25) is 0 Å². The van der Waals surface area contributed by atoms with Crippen LogP contribution >= 0.6 is 0 Å². The molecule has 0 aromatic carbocycles. The van der Waals surface area contributed by atoms with Crippen LogP contribution in [0.1, 0.15) is 13.8 Å². The number of likely N-dealkylation sites (N-methyl/N-ethyl adjacent to an activating group) is 1. The highest BCUT2D eigenvalue weighted by Crippen LogP contribution is 2.30. The highest BCUT2D eigenvalue weighted by molar-refractivity contribution is 7.89. The Morgan fingerprint density at radius 1 is 1.35 bits per heavy atom. The molecular weight excluding hydrogens is 280 g/mol. The summed E-state index contributed by atoms with van der Waals surface area (Å²) < 4.78 is 26.6. The Hall–Kier alpha value is -1.67. The van der Waals surface area contributed by atoms with Crippen molar-refractivity contribution in [1.29, 1.82) is 0 Å². The molecule has 0 bridgehead atoms. The Kier molecular flexibility index (Phi) is 3.47. The van der Waals surface area contributed by atoms with Gasteiger partial charge in [-0.15, -0.1) is 0 Å². The van der Waals surface area contributed by atoms with E-state index in [4.69, 9.17) is 5.73 Å². The van der Waals surface area contributed by atoms with Gasteiger partial charge in [0.25, 0.3) is 0 Å². The number of carbonyl (C=O) groups excluding carboxylic acids is 1. The van der Waals surface area contributed by atoms with Crippen molar-refractivity contribution in [2.75, 3.05) is 25.9 Å². The number of pyridine rings is 1. The maximum absolute atomic E-state index is 12.7. The number of hydrogen-bond acceptors (Lipinski definition) is 5. The number of nitrogens with zero attached hydrogens (tertiary/aromatic N) is 3. The fraction of sp³-hybridized carbons (Fsp3) is 0.500. The molecular formula is C12H18N4O3S. The fourth-order valence-electron chi connectivity index (χ4n) is 2.34. The lowest BCUT2D eigenvalue weighted by Crippen LogP contribution is -2.63. The predicted molar refractivity (Wildman–Crippen MR) is 74.3 cm³/mol. The molecule has 0 spiro atoms. The molecule has 1 aliphatic rings. The summed E-state index contributed by atoms with van der Waals surface area (Å²) in [5.41, 5.74) is 4.70. The maximum Gasteiger partial charge on any atom is 0.247 e. The van der Waals surface area contributed by atoms with Crippen molar-refractivity contribution in [3.05, 3.63) is 18.5 Å². The molecule has 7 nitrogen and oxygen atoms in total. The Labute approximate surface area is 118 Å². The van der Waals surface area contributed by atoms with Gasteiger partial charge in [0.15, 0.2) is 0 Å². The average molecular weight is 298 g/mol. The van der Waals surface area contributed by atoms with Crippen molar-refractivity contribution in [2.45, 2.75) is 24.3 Å². The van der Waals surface area contributed by atoms with Gasteiger partial charge in [-0.3, -0.25) is 9.78 Å². The average Bonchev–Trinajstić information content (AvgIpc) is 2.36. The lowest BCUT2D eigenvalue weighted by atomic mass is 10.0. The number of nitrogen functional groups attached to an aromatic ring is 1. The Bertz CT molecular complexity index is 642. The molecule has 1 fully saturated rings. The third kappa shape index (κ3) is 2.14. The lowest BCUT2D eigenvalue weighted by molar-refractivity contribution is -0.142. The summed E-state index contributed by atoms with van der Waals surface area (Å²) in [5, 5.41) is 0. The van der Waals surface area contributed by atoms with Gasteiger partial charge in [0.1, 0.15) is 10.4 Å². The van der Waals surface area contributed by atoms with E-state index in [0.29, 0.717) is 6.54 Å². The van der Waals surface area contributed by atoms with E-state index >= 15 is 0 Å². The number of anilines is 1. The quantitative estimate of drug-likeness (QED) is 0.822. The van der Waals surface area contributed by atoms with Gasteiger partial charge in [-0.1, -0.05) is 0 Å². The molecule has 2 rings (SSSR count). The monoisotopic (exact) mass is 298 g/mol. The van der Waals surface area contributed by atoms with Gasteiger partial charge in [-0.05, 0) is 19.9 Å². The van der Waals surface area contributed by atoms with Crippen LogP contribution in [0.25, 0.3) is 0 Å². The summed E-state index contributed by atoms with van der Waals surface area (Å²) in [6, 6.07) is 1.43. The third-order valence-corrected chi connectivity index (χ3v) is 5.63. The second-order valence-electron chi connectivity index (χ2n) is 5.28. The SMILES string of the molecule is CN1CCN(S(=O)(=O)c2cnccc2N)C(C)(C)C1=O. The zero-order valence-corrected chi connectivity index (χ0v) is 12.5. The van der Waals surface area contributed by atoms with Gasteiger partial charge >= 0.3 is 0 Å². The van der Waals surface area contributed by atoms with E-state index in [1.54, 1.807) is 20.9 Å². The van der Waals surface area contributed by atoms with Crippen LogP contribution in [-0.2, 0) is 14.8 Å². The molecule has 8 heteroatoms. The van der Waals surface area contributed by atoms with E-state index in [9.17, 15) is 13.2 Å². The minimum absolute atomic E-state index is 0.0644. The minimum Gasteiger partial charge on any atom is -0.398 e. The van der Waals surface area contributed by atoms with E-state index in [-0.39, 0.29) is 23.0 Å². The molecule has 110 valence electrons. The first-order valence-corrected chi connectivity index (χ1v) is 7.61. The van der Waals surface area contributed by atoms with Gasteiger partial charge in [-0.25, -0.2) is 8.42 Å². The number of amides is 1. The summed E-state index contributed by atoms with van der Waals surface area (Å²) in [5.74, 6) is -0.241. The molecule has 1 aromatic rings. The predicted octanol–water partition coefficient (Wildman–Crippen LogP) is -0.0949. The van der Waals surface area contributed by atoms with E-state index in [1.807, 2.05) is 0 Å². The normalized spacial score (nSPS) is 20.1. The van der Waals surface area contributed by atoms with Crippen molar-refractivity contribution in [1.82, 2.24) is 14.2 Å². The number of sulfonamides is 1. The first-order chi connectivity index (χ1) is 9.19. The van der Waals surface area contributed by atoms with E-state index in [1.165, 1.54) is 27.7 Å². The van der Waals surface area contributed by atoms with Crippen LogP contribution in [0.4, 0.5) is 5.69 Å². The molecule has 1 aromatic heterocycles. The number of nitrogens with two attached hydrogens (primary N) is 1. The topological polar surface area (TPSA) is 96.6 Å². The number of aromatic nitrogens is 1. The van der Waals surface area contributed by atoms with Gasteiger partial charge in [0, 0.05) is 32.5 Å². The van der Waals surface area contributed by atoms with Gasteiger partial charge < -0.3 is 10.6 Å². The highest BCUT2D eigenvalue weighted by atomic mass is 32.2. The highest BCUT2D eigenvalue weighted by Gasteiger charge is 2.47. The summed E-state index contributed by atoms with van der Waals surface area (Å²) in [7, 11) is -2.20. The van der Waals surface area contributed by atoms with Crippen LogP contribution < -0.4 is 5.73 Å². The summed E-state index contributed by atoms with van der Waals surface area (Å²) in [6.07, 6.45) is 2.64. The second-order valence-corrected chi connectivity index (χ2v) is 7.11. The van der Waals surface area contributed by atoms with Crippen molar-refractivity contribution in [3.63, 3.8) is 0 Å². The van der Waals surface area contributed by atoms with Crippen LogP contribution in [0.15, 0.2) is 23.4 Å². The Morgan fingerprint density at radius 3 is 2.60 bits per heavy atom. The summed E-state index contributed by atoms with van der Waals surface area (Å²) >= 11 is 0. The van der Waals surface area contributed by atoms with Crippen molar-refractivity contribution < 1.29 is 13.2 Å². The summed E-state index contributed by atoms with van der Waals surface area (Å²) in [6.45, 7) is 3.76. The van der Waals surface area contributed by atoms with Crippen LogP contribution in [-0.4, -0.2) is 54.2 Å². The van der Waals surface area contributed by atoms with Gasteiger partial charge in [0.2, 0.25) is 15.9 Å². The first kappa shape index (κ1) is 14.7. The smallest absolute Gasteiger partial charge is 0.247 e. The molecule has 0 unspecified atom stereocenters. The minimum atomic E-state index is -3.86. The first-order valence-electron chi connectivity index (χ1n) is 6.17. The number of piperazine rings is 1. The zero-order valence-electron chi connectivity index (χ0n) is 11.7. The summed E-state index contributed by atoms with van der Waals surface area (Å²) in [4.78, 5) is 17.5. The van der Waals surface area contributed by atoms with Crippen LogP contribution in [0.3, 0.4) is 0 Å². The van der Waals surface area contributed by atoms with Crippen LogP contribution in [0.5, 0.6) is 0 Å². The Morgan fingerprint density at radius 2 is 2.00 bits per heavy atom. The molecule has 0 saturated carbocycles. The molecule has 1 aliphatic heterocycles. The van der Waals surface area contributed by atoms with E-state index < -0.39 is 15.6 Å². The second kappa shape index (κ2) is 4.71. The number of hydrogen-bond donors (Lipinski definition) is 1. The number of carbonyl (C=O) groups is 1. The molecule has 1 saturated heterocycles. The van der Waals surface area contributed by atoms with Crippen molar-refractivity contribution in [2.24, 2.45) is 0 Å². The molecule has 2 N–H and O–H groups in total. The van der Waals surface area contributed by atoms with E-state index in [0.717, 1.165) is 0 Å². The van der Waals surface area contributed by atoms with Gasteiger partial charge in [-0.2, -0.15) is 4.31 Å². The largest absolute Gasteiger partial charge is 0.398 e. The van der Waals surface area contributed by atoms with E-state index in [2.05, 4.69) is 4.98 Å². The molecule has 0 atom stereocenters. The molecule has 20 heavy (non-hydrogen) atoms. The fourth-order valence-corrected chi connectivity index (χ4v) is 4.14. The number of rotatable bonds is 2. The van der Waals surface area contributed by atoms with Crippen molar-refractivity contribution >= 4 is 21.6 Å². The molecule has 0 aliphatic carbocycles. The Balaban J connectivity index is 2.50. The maximum atomic E-state index is 12.7. The van der Waals surface area contributed by atoms with Gasteiger partial charge in [0.05, 0.1) is 5.69 Å². The molecule has 0 radical (unpaired) electrons. The lowest BCUT2D eigenvalue weighted by Gasteiger charge is -2.43. The third-order valence-electron chi connectivity index (χ3n) is 3.52. The molecule has 1 amide bonds. The van der Waals surface area contributed by atoms with Crippen molar-refractivity contribution in [3.8, 4) is 0 Å². The zero-order chi connectivity index (χ0) is 15.1.